The lowest BCUT2D eigenvalue weighted by Crippen LogP contribution is -2.42. The van der Waals surface area contributed by atoms with E-state index in [1.54, 1.807) is 18.2 Å². The lowest BCUT2D eigenvalue weighted by Gasteiger charge is -2.11. The number of hydrazine groups is 1. The van der Waals surface area contributed by atoms with Crippen LogP contribution in [-0.2, 0) is 17.6 Å². The molecule has 2 N–H and O–H groups in total. The smallest absolute Gasteiger partial charge is 0.273 e. The second kappa shape index (κ2) is 8.47. The number of aryl methyl sites for hydroxylation is 2. The number of methoxy groups -OCH3 is 1. The van der Waals surface area contributed by atoms with Crippen LogP contribution >= 0.6 is 23.4 Å². The van der Waals surface area contributed by atoms with E-state index in [0.29, 0.717) is 16.3 Å². The zero-order chi connectivity index (χ0) is 18.5. The summed E-state index contributed by atoms with van der Waals surface area (Å²) >= 11 is 7.32. The highest BCUT2D eigenvalue weighted by Gasteiger charge is 2.14. The summed E-state index contributed by atoms with van der Waals surface area (Å²) in [4.78, 5) is 25.2. The molecule has 0 spiro atoms. The summed E-state index contributed by atoms with van der Waals surface area (Å²) in [6, 6.07) is 11.0. The standard InChI is InChI=1S/C19H19ClN2O3S/c1-25-17-10-14(20)6-8-16(17)19(24)22-21-18(23)11-26-15-7-5-12-3-2-4-13(12)9-15/h5-10H,2-4,11H2,1H3,(H,21,23)(H,22,24). The summed E-state index contributed by atoms with van der Waals surface area (Å²) in [7, 11) is 1.45. The van der Waals surface area contributed by atoms with E-state index in [1.807, 2.05) is 6.07 Å². The van der Waals surface area contributed by atoms with Gasteiger partial charge in [-0.1, -0.05) is 17.7 Å². The number of fused-ring (bicyclic) bond motifs is 1. The number of ether oxygens (including phenoxy) is 1. The van der Waals surface area contributed by atoms with Gasteiger partial charge < -0.3 is 4.74 Å². The zero-order valence-electron chi connectivity index (χ0n) is 14.3. The Hall–Kier alpha value is -2.18. The van der Waals surface area contributed by atoms with Crippen molar-refractivity contribution < 1.29 is 14.3 Å². The molecule has 0 aromatic heterocycles. The number of thioether (sulfide) groups is 1. The van der Waals surface area contributed by atoms with Gasteiger partial charge in [0.15, 0.2) is 0 Å². The van der Waals surface area contributed by atoms with Gasteiger partial charge in [-0.3, -0.25) is 20.4 Å². The van der Waals surface area contributed by atoms with Crippen LogP contribution in [0.3, 0.4) is 0 Å². The summed E-state index contributed by atoms with van der Waals surface area (Å²) < 4.78 is 5.13. The molecule has 1 aliphatic carbocycles. The zero-order valence-corrected chi connectivity index (χ0v) is 15.9. The normalized spacial score (nSPS) is 12.4. The molecule has 0 fully saturated rings. The van der Waals surface area contributed by atoms with E-state index < -0.39 is 5.91 Å². The third-order valence-electron chi connectivity index (χ3n) is 4.16. The third kappa shape index (κ3) is 4.51. The van der Waals surface area contributed by atoms with Gasteiger partial charge in [0.1, 0.15) is 5.75 Å². The Labute approximate surface area is 161 Å². The average Bonchev–Trinajstić information content (AvgIpc) is 3.12. The van der Waals surface area contributed by atoms with Crippen LogP contribution in [0.15, 0.2) is 41.3 Å². The van der Waals surface area contributed by atoms with Gasteiger partial charge in [-0.15, -0.1) is 11.8 Å². The second-order valence-corrected chi connectivity index (χ2v) is 7.40. The highest BCUT2D eigenvalue weighted by atomic mass is 35.5. The van der Waals surface area contributed by atoms with Crippen molar-refractivity contribution in [3.63, 3.8) is 0 Å². The molecule has 0 saturated heterocycles. The molecule has 7 heteroatoms. The molecule has 2 amide bonds. The summed E-state index contributed by atoms with van der Waals surface area (Å²) in [5.74, 6) is -0.181. The van der Waals surface area contributed by atoms with E-state index in [0.717, 1.165) is 17.7 Å². The minimum absolute atomic E-state index is 0.219. The number of nitrogens with one attached hydrogen (secondary N) is 2. The number of hydrogen-bond acceptors (Lipinski definition) is 4. The Morgan fingerprint density at radius 3 is 2.73 bits per heavy atom. The van der Waals surface area contributed by atoms with Gasteiger partial charge >= 0.3 is 0 Å². The Morgan fingerprint density at radius 1 is 1.12 bits per heavy atom. The molecule has 0 atom stereocenters. The van der Waals surface area contributed by atoms with Gasteiger partial charge in [0.25, 0.3) is 5.91 Å². The van der Waals surface area contributed by atoms with E-state index in [1.165, 1.54) is 36.4 Å². The van der Waals surface area contributed by atoms with Crippen LogP contribution < -0.4 is 15.6 Å². The maximum Gasteiger partial charge on any atom is 0.273 e. The first-order valence-electron chi connectivity index (χ1n) is 8.24. The van der Waals surface area contributed by atoms with Gasteiger partial charge in [0.05, 0.1) is 18.4 Å². The van der Waals surface area contributed by atoms with Crippen molar-refractivity contribution in [2.75, 3.05) is 12.9 Å². The van der Waals surface area contributed by atoms with E-state index in [4.69, 9.17) is 16.3 Å². The first-order chi connectivity index (χ1) is 12.6. The molecule has 2 aromatic carbocycles. The van der Waals surface area contributed by atoms with Gasteiger partial charge in [-0.25, -0.2) is 0 Å². The van der Waals surface area contributed by atoms with Crippen LogP contribution in [0.1, 0.15) is 27.9 Å². The molecule has 0 heterocycles. The van der Waals surface area contributed by atoms with Gasteiger partial charge in [-0.05, 0) is 60.7 Å². The van der Waals surface area contributed by atoms with E-state index >= 15 is 0 Å². The summed E-state index contributed by atoms with van der Waals surface area (Å²) in [6.07, 6.45) is 3.44. The van der Waals surface area contributed by atoms with Crippen LogP contribution in [0.5, 0.6) is 5.75 Å². The Kier molecular flexibility index (Phi) is 6.06. The van der Waals surface area contributed by atoms with Crippen molar-refractivity contribution in [3.8, 4) is 5.75 Å². The fraction of sp³-hybridized carbons (Fsp3) is 0.263. The van der Waals surface area contributed by atoms with Crippen molar-refractivity contribution in [3.05, 3.63) is 58.1 Å². The molecular weight excluding hydrogens is 372 g/mol. The molecule has 5 nitrogen and oxygen atoms in total. The summed E-state index contributed by atoms with van der Waals surface area (Å²) in [5.41, 5.74) is 7.89. The number of benzene rings is 2. The fourth-order valence-corrected chi connectivity index (χ4v) is 3.79. The molecule has 136 valence electrons. The Bertz CT molecular complexity index is 842. The number of carbonyl (C=O) groups is 2. The monoisotopic (exact) mass is 390 g/mol. The first kappa shape index (κ1) is 18.6. The second-order valence-electron chi connectivity index (χ2n) is 5.92. The topological polar surface area (TPSA) is 67.4 Å². The van der Waals surface area contributed by atoms with Gasteiger partial charge in [-0.2, -0.15) is 0 Å². The third-order valence-corrected chi connectivity index (χ3v) is 5.39. The minimum Gasteiger partial charge on any atom is -0.496 e. The molecule has 26 heavy (non-hydrogen) atoms. The lowest BCUT2D eigenvalue weighted by molar-refractivity contribution is -0.119. The summed E-state index contributed by atoms with van der Waals surface area (Å²) in [6.45, 7) is 0. The lowest BCUT2D eigenvalue weighted by atomic mass is 10.1. The number of halogens is 1. The van der Waals surface area contributed by atoms with E-state index in [-0.39, 0.29) is 11.7 Å². The highest BCUT2D eigenvalue weighted by Crippen LogP contribution is 2.27. The molecule has 3 rings (SSSR count). The molecule has 0 radical (unpaired) electrons. The van der Waals surface area contributed by atoms with Crippen LogP contribution in [0.25, 0.3) is 0 Å². The fourth-order valence-electron chi connectivity index (χ4n) is 2.87. The molecule has 0 unspecified atom stereocenters. The number of rotatable bonds is 5. The first-order valence-corrected chi connectivity index (χ1v) is 9.60. The van der Waals surface area contributed by atoms with Crippen molar-refractivity contribution in [2.45, 2.75) is 24.2 Å². The molecule has 2 aromatic rings. The minimum atomic E-state index is -0.464. The van der Waals surface area contributed by atoms with Gasteiger partial charge in [0.2, 0.25) is 5.91 Å². The molecule has 0 saturated carbocycles. The van der Waals surface area contributed by atoms with Crippen LogP contribution in [0.4, 0.5) is 0 Å². The van der Waals surface area contributed by atoms with Crippen LogP contribution in [0, 0.1) is 0 Å². The molecular formula is C19H19ClN2O3S. The molecule has 0 bridgehead atoms. The quantitative estimate of drug-likeness (QED) is 0.606. The van der Waals surface area contributed by atoms with E-state index in [9.17, 15) is 9.59 Å². The largest absolute Gasteiger partial charge is 0.496 e. The Balaban J connectivity index is 1.50. The number of carbonyl (C=O) groups excluding carboxylic acids is 2. The number of hydrogen-bond donors (Lipinski definition) is 2. The summed E-state index contributed by atoms with van der Waals surface area (Å²) in [5, 5.41) is 0.466. The van der Waals surface area contributed by atoms with Crippen molar-refractivity contribution in [1.82, 2.24) is 10.9 Å². The van der Waals surface area contributed by atoms with E-state index in [2.05, 4.69) is 23.0 Å². The average molecular weight is 391 g/mol. The predicted octanol–water partition coefficient (Wildman–Crippen LogP) is 3.39. The van der Waals surface area contributed by atoms with Crippen molar-refractivity contribution in [1.29, 1.82) is 0 Å². The SMILES string of the molecule is COc1cc(Cl)ccc1C(=O)NNC(=O)CSc1ccc2c(c1)CCC2. The van der Waals surface area contributed by atoms with Crippen LogP contribution in [-0.4, -0.2) is 24.7 Å². The number of amides is 2. The molecule has 1 aliphatic rings. The predicted molar refractivity (Wildman–Crippen MR) is 103 cm³/mol. The van der Waals surface area contributed by atoms with Crippen LogP contribution in [0.2, 0.25) is 5.02 Å². The van der Waals surface area contributed by atoms with Crippen molar-refractivity contribution >= 4 is 35.2 Å². The van der Waals surface area contributed by atoms with Gasteiger partial charge in [0, 0.05) is 9.92 Å². The van der Waals surface area contributed by atoms with Crippen molar-refractivity contribution in [2.24, 2.45) is 0 Å². The molecule has 0 aliphatic heterocycles. The Morgan fingerprint density at radius 2 is 1.92 bits per heavy atom. The highest BCUT2D eigenvalue weighted by molar-refractivity contribution is 8.00. The maximum atomic E-state index is 12.2. The maximum absolute atomic E-state index is 12.2.